The normalized spacial score (nSPS) is 16.8. The van der Waals surface area contributed by atoms with Gasteiger partial charge in [0.05, 0.1) is 49.1 Å². The van der Waals surface area contributed by atoms with Crippen molar-refractivity contribution in [2.24, 2.45) is 4.99 Å². The summed E-state index contributed by atoms with van der Waals surface area (Å²) in [4.78, 5) is 22.0. The van der Waals surface area contributed by atoms with E-state index in [1.807, 2.05) is 6.07 Å². The van der Waals surface area contributed by atoms with Gasteiger partial charge in [0, 0.05) is 11.8 Å². The molecule has 0 spiro atoms. The summed E-state index contributed by atoms with van der Waals surface area (Å²) >= 11 is 0. The Hall–Kier alpha value is -3.70. The van der Waals surface area contributed by atoms with E-state index in [0.717, 1.165) is 6.21 Å². The summed E-state index contributed by atoms with van der Waals surface area (Å²) in [5, 5.41) is 9.68. The van der Waals surface area contributed by atoms with Crippen LogP contribution in [0.5, 0.6) is 0 Å². The quantitative estimate of drug-likeness (QED) is 0.467. The number of allylic oxidation sites excluding steroid dienone is 5. The van der Waals surface area contributed by atoms with Crippen LogP contribution in [0.15, 0.2) is 69.8 Å². The molecule has 33 heavy (non-hydrogen) atoms. The smallest absolute Gasteiger partial charge is 0.263 e. The average Bonchev–Trinajstić information content (AvgIpc) is 2.82. The van der Waals surface area contributed by atoms with E-state index in [4.69, 9.17) is 4.74 Å². The molecule has 8 heteroatoms. The van der Waals surface area contributed by atoms with Gasteiger partial charge < -0.3 is 4.74 Å². The first-order chi connectivity index (χ1) is 16.0. The lowest BCUT2D eigenvalue weighted by Gasteiger charge is -2.20. The summed E-state index contributed by atoms with van der Waals surface area (Å²) in [6.07, 6.45) is 7.44. The number of nitriles is 1. The van der Waals surface area contributed by atoms with Gasteiger partial charge >= 0.3 is 0 Å². The van der Waals surface area contributed by atoms with E-state index in [2.05, 4.69) is 9.98 Å². The van der Waals surface area contributed by atoms with Crippen LogP contribution in [-0.4, -0.2) is 22.4 Å². The molecule has 1 aliphatic heterocycles. The molecule has 3 heterocycles. The highest BCUT2D eigenvalue weighted by molar-refractivity contribution is 5.76. The molecule has 0 saturated carbocycles. The predicted octanol–water partition coefficient (Wildman–Crippen LogP) is 5.14. The fourth-order valence-electron chi connectivity index (χ4n) is 3.60. The van der Waals surface area contributed by atoms with Gasteiger partial charge in [-0.1, -0.05) is 13.8 Å². The molecule has 1 aliphatic rings. The Balaban J connectivity index is 2.37. The van der Waals surface area contributed by atoms with E-state index in [9.17, 15) is 18.8 Å². The van der Waals surface area contributed by atoms with Crippen LogP contribution in [0.25, 0.3) is 11.3 Å². The number of aromatic nitrogens is 2. The van der Waals surface area contributed by atoms with Crippen molar-refractivity contribution in [3.05, 3.63) is 87.1 Å². The van der Waals surface area contributed by atoms with Crippen LogP contribution in [-0.2, 0) is 17.9 Å². The second-order valence-corrected chi connectivity index (χ2v) is 7.23. The fourth-order valence-corrected chi connectivity index (χ4v) is 3.60. The van der Waals surface area contributed by atoms with Gasteiger partial charge in [-0.05, 0) is 54.3 Å². The van der Waals surface area contributed by atoms with Crippen LogP contribution >= 0.6 is 0 Å². The summed E-state index contributed by atoms with van der Waals surface area (Å²) in [5.74, 6) is -1.19. The van der Waals surface area contributed by atoms with Crippen molar-refractivity contribution < 1.29 is 13.5 Å². The third-order valence-electron chi connectivity index (χ3n) is 5.12. The zero-order valence-electron chi connectivity index (χ0n) is 18.5. The van der Waals surface area contributed by atoms with Crippen LogP contribution in [0.3, 0.4) is 0 Å². The summed E-state index contributed by atoms with van der Waals surface area (Å²) < 4.78 is 35.5. The number of hydrogen-bond acceptors (Lipinski definition) is 5. The standard InChI is InChI=1S/C25H24F2N4O2/c1-3-6-23(27)22(12-28)20(4-2)21-11-17-13-30-14-18(26)8-10-33-16-24(17)31(25(21)32)19-7-5-9-29-15-19/h5-9,11,14-15H,3-4,10,13,16H2,1-2H3/b18-8+,22-20+,23-6+,30-14?. The Morgan fingerprint density at radius 2 is 2.21 bits per heavy atom. The highest BCUT2D eigenvalue weighted by atomic mass is 19.1. The molecule has 0 saturated heterocycles. The lowest BCUT2D eigenvalue weighted by Crippen LogP contribution is -2.28. The first-order valence-electron chi connectivity index (χ1n) is 10.6. The Labute approximate surface area is 190 Å². The van der Waals surface area contributed by atoms with E-state index in [1.165, 1.54) is 22.9 Å². The second-order valence-electron chi connectivity index (χ2n) is 7.23. The van der Waals surface area contributed by atoms with Crippen molar-refractivity contribution in [1.29, 1.82) is 5.26 Å². The molecule has 0 unspecified atom stereocenters. The third-order valence-corrected chi connectivity index (χ3v) is 5.12. The number of aliphatic imine (C=N–C) groups is 1. The molecule has 170 valence electrons. The number of pyridine rings is 2. The molecule has 0 atom stereocenters. The lowest BCUT2D eigenvalue weighted by molar-refractivity contribution is 0.142. The van der Waals surface area contributed by atoms with Gasteiger partial charge in [0.15, 0.2) is 0 Å². The van der Waals surface area contributed by atoms with E-state index in [0.29, 0.717) is 28.9 Å². The fraction of sp³-hybridized carbons (Fsp3) is 0.280. The van der Waals surface area contributed by atoms with Crippen LogP contribution in [0, 0.1) is 11.3 Å². The number of rotatable bonds is 5. The zero-order chi connectivity index (χ0) is 23.8. The average molecular weight is 450 g/mol. The maximum Gasteiger partial charge on any atom is 0.263 e. The van der Waals surface area contributed by atoms with Gasteiger partial charge in [-0.15, -0.1) is 0 Å². The van der Waals surface area contributed by atoms with Crippen molar-refractivity contribution in [3.8, 4) is 11.8 Å². The molecular formula is C25H24F2N4O2. The summed E-state index contributed by atoms with van der Waals surface area (Å²) in [7, 11) is 0. The highest BCUT2D eigenvalue weighted by Gasteiger charge is 2.21. The first-order valence-corrected chi connectivity index (χ1v) is 10.6. The summed E-state index contributed by atoms with van der Waals surface area (Å²) in [6, 6.07) is 6.93. The molecular weight excluding hydrogens is 426 g/mol. The van der Waals surface area contributed by atoms with Crippen LogP contribution in [0.4, 0.5) is 8.78 Å². The number of fused-ring (bicyclic) bond motifs is 1. The summed E-state index contributed by atoms with van der Waals surface area (Å²) in [5.41, 5.74) is 1.48. The lowest BCUT2D eigenvalue weighted by atomic mass is 9.95. The molecule has 6 nitrogen and oxygen atoms in total. The van der Waals surface area contributed by atoms with E-state index >= 15 is 0 Å². The van der Waals surface area contributed by atoms with Gasteiger partial charge in [-0.25, -0.2) is 8.78 Å². The molecule has 0 amide bonds. The molecule has 0 aliphatic carbocycles. The Bertz CT molecular complexity index is 1240. The van der Waals surface area contributed by atoms with Crippen LogP contribution in [0.1, 0.15) is 43.5 Å². The molecule has 0 N–H and O–H groups in total. The van der Waals surface area contributed by atoms with Crippen molar-refractivity contribution in [1.82, 2.24) is 9.55 Å². The molecule has 2 aromatic rings. The topological polar surface area (TPSA) is 80.3 Å². The van der Waals surface area contributed by atoms with Gasteiger partial charge in [-0.2, -0.15) is 5.26 Å². The van der Waals surface area contributed by atoms with Crippen molar-refractivity contribution in [3.63, 3.8) is 0 Å². The van der Waals surface area contributed by atoms with Gasteiger partial charge in [-0.3, -0.25) is 19.3 Å². The molecule has 0 fully saturated rings. The maximum absolute atomic E-state index is 14.7. The van der Waals surface area contributed by atoms with Crippen LogP contribution < -0.4 is 5.56 Å². The van der Waals surface area contributed by atoms with Gasteiger partial charge in [0.2, 0.25) is 0 Å². The van der Waals surface area contributed by atoms with E-state index < -0.39 is 17.2 Å². The van der Waals surface area contributed by atoms with E-state index in [-0.39, 0.29) is 37.3 Å². The number of hydrogen-bond donors (Lipinski definition) is 0. The molecule has 0 bridgehead atoms. The summed E-state index contributed by atoms with van der Waals surface area (Å²) in [6.45, 7) is 3.62. The van der Waals surface area contributed by atoms with Crippen molar-refractivity contribution in [2.45, 2.75) is 39.8 Å². The minimum Gasteiger partial charge on any atom is -0.371 e. The van der Waals surface area contributed by atoms with Crippen molar-refractivity contribution >= 4 is 11.8 Å². The number of nitrogens with zero attached hydrogens (tertiary/aromatic N) is 4. The highest BCUT2D eigenvalue weighted by Crippen LogP contribution is 2.28. The Morgan fingerprint density at radius 3 is 2.88 bits per heavy atom. The third kappa shape index (κ3) is 5.38. The van der Waals surface area contributed by atoms with Crippen molar-refractivity contribution in [2.75, 3.05) is 6.61 Å². The maximum atomic E-state index is 14.7. The molecule has 0 aromatic carbocycles. The predicted molar refractivity (Wildman–Crippen MR) is 123 cm³/mol. The first kappa shape index (κ1) is 24.0. The SMILES string of the molecule is CC/C=C(F)\C(C#N)=C(/CC)c1cc2c(n(-c3cccnc3)c1=O)COC/C=C(/F)C=NC2. The van der Waals surface area contributed by atoms with E-state index in [1.54, 1.807) is 38.2 Å². The Morgan fingerprint density at radius 1 is 1.39 bits per heavy atom. The number of halogens is 2. The monoisotopic (exact) mass is 450 g/mol. The zero-order valence-corrected chi connectivity index (χ0v) is 18.5. The minimum atomic E-state index is -0.669. The second kappa shape index (κ2) is 11.2. The Kier molecular flexibility index (Phi) is 8.17. The van der Waals surface area contributed by atoms with Crippen LogP contribution in [0.2, 0.25) is 0 Å². The molecule has 2 aromatic heterocycles. The van der Waals surface area contributed by atoms with Gasteiger partial charge in [0.1, 0.15) is 17.7 Å². The van der Waals surface area contributed by atoms with Gasteiger partial charge in [0.25, 0.3) is 5.56 Å². The molecule has 0 radical (unpaired) electrons. The molecule has 3 rings (SSSR count). The minimum absolute atomic E-state index is 0.00594. The number of ether oxygens (including phenoxy) is 1. The largest absolute Gasteiger partial charge is 0.371 e.